The third-order valence-electron chi connectivity index (χ3n) is 2.49. The third-order valence-corrected chi connectivity index (χ3v) is 2.49. The van der Waals surface area contributed by atoms with Crippen molar-refractivity contribution < 1.29 is 9.53 Å². The summed E-state index contributed by atoms with van der Waals surface area (Å²) in [7, 11) is 4.02. The molecule has 0 radical (unpaired) electrons. The summed E-state index contributed by atoms with van der Waals surface area (Å²) in [5.74, 6) is 0.836. The Morgan fingerprint density at radius 2 is 1.81 bits per heavy atom. The Hall–Kier alpha value is -1.35. The summed E-state index contributed by atoms with van der Waals surface area (Å²) in [6, 6.07) is 3.82. The van der Waals surface area contributed by atoms with E-state index < -0.39 is 0 Å². The van der Waals surface area contributed by atoms with Gasteiger partial charge in [-0.05, 0) is 51.2 Å². The number of rotatable bonds is 5. The molecule has 0 fully saturated rings. The molecule has 0 saturated heterocycles. The smallest absolute Gasteiger partial charge is 0.150 e. The number of hydrogen-bond donors (Lipinski definition) is 0. The molecule has 0 unspecified atom stereocenters. The lowest BCUT2D eigenvalue weighted by Crippen LogP contribution is -2.19. The van der Waals surface area contributed by atoms with Crippen molar-refractivity contribution in [2.24, 2.45) is 0 Å². The van der Waals surface area contributed by atoms with E-state index in [9.17, 15) is 4.79 Å². The van der Waals surface area contributed by atoms with Gasteiger partial charge < -0.3 is 9.64 Å². The molecule has 88 valence electrons. The van der Waals surface area contributed by atoms with Crippen molar-refractivity contribution >= 4 is 6.29 Å². The minimum atomic E-state index is 0.659. The van der Waals surface area contributed by atoms with Crippen LogP contribution in [-0.2, 0) is 0 Å². The lowest BCUT2D eigenvalue weighted by atomic mass is 10.0. The maximum Gasteiger partial charge on any atom is 0.150 e. The molecule has 3 nitrogen and oxygen atoms in total. The van der Waals surface area contributed by atoms with Crippen molar-refractivity contribution in [3.63, 3.8) is 0 Å². The normalized spacial score (nSPS) is 10.6. The van der Waals surface area contributed by atoms with E-state index in [1.165, 1.54) is 0 Å². The number of aryl methyl sites for hydroxylation is 2. The molecule has 16 heavy (non-hydrogen) atoms. The molecule has 1 aromatic rings. The lowest BCUT2D eigenvalue weighted by molar-refractivity contribution is 0.112. The lowest BCUT2D eigenvalue weighted by Gasteiger charge is -2.13. The second kappa shape index (κ2) is 5.66. The van der Waals surface area contributed by atoms with E-state index in [0.717, 1.165) is 35.3 Å². The predicted molar refractivity (Wildman–Crippen MR) is 65.4 cm³/mol. The van der Waals surface area contributed by atoms with Crippen LogP contribution in [0.2, 0.25) is 0 Å². The Morgan fingerprint density at radius 3 is 2.25 bits per heavy atom. The SMILES string of the molecule is Cc1cc(OCCN(C)C)cc(C)c1C=O. The molecular formula is C13H19NO2. The van der Waals surface area contributed by atoms with Crippen LogP contribution in [-0.4, -0.2) is 38.4 Å². The summed E-state index contributed by atoms with van der Waals surface area (Å²) in [6.45, 7) is 5.39. The number of carbonyl (C=O) groups is 1. The second-order valence-electron chi connectivity index (χ2n) is 4.24. The van der Waals surface area contributed by atoms with Gasteiger partial charge in [-0.15, -0.1) is 0 Å². The van der Waals surface area contributed by atoms with Crippen LogP contribution in [0.5, 0.6) is 5.75 Å². The quantitative estimate of drug-likeness (QED) is 0.713. The predicted octanol–water partition coefficient (Wildman–Crippen LogP) is 2.06. The summed E-state index contributed by atoms with van der Waals surface area (Å²) in [6.07, 6.45) is 0.897. The highest BCUT2D eigenvalue weighted by Gasteiger charge is 2.04. The monoisotopic (exact) mass is 221 g/mol. The van der Waals surface area contributed by atoms with Crippen LogP contribution in [0.1, 0.15) is 21.5 Å². The van der Waals surface area contributed by atoms with E-state index >= 15 is 0 Å². The molecule has 1 aromatic carbocycles. The Balaban J connectivity index is 2.72. The highest BCUT2D eigenvalue weighted by atomic mass is 16.5. The van der Waals surface area contributed by atoms with E-state index in [-0.39, 0.29) is 0 Å². The summed E-state index contributed by atoms with van der Waals surface area (Å²) in [5.41, 5.74) is 2.70. The first kappa shape index (κ1) is 12.7. The van der Waals surface area contributed by atoms with Gasteiger partial charge in [0.25, 0.3) is 0 Å². The molecule has 0 bridgehead atoms. The van der Waals surface area contributed by atoms with E-state index in [1.54, 1.807) is 0 Å². The van der Waals surface area contributed by atoms with Crippen LogP contribution in [0.4, 0.5) is 0 Å². The van der Waals surface area contributed by atoms with Crippen LogP contribution >= 0.6 is 0 Å². The first-order valence-corrected chi connectivity index (χ1v) is 5.38. The zero-order valence-electron chi connectivity index (χ0n) is 10.4. The minimum absolute atomic E-state index is 0.659. The third kappa shape index (κ3) is 3.35. The maximum atomic E-state index is 10.8. The number of ether oxygens (including phenoxy) is 1. The van der Waals surface area contributed by atoms with Crippen molar-refractivity contribution in [3.8, 4) is 5.75 Å². The van der Waals surface area contributed by atoms with Gasteiger partial charge in [0.15, 0.2) is 6.29 Å². The van der Waals surface area contributed by atoms with Crippen molar-refractivity contribution in [1.82, 2.24) is 4.90 Å². The number of carbonyl (C=O) groups excluding carboxylic acids is 1. The molecule has 0 saturated carbocycles. The first-order chi connectivity index (χ1) is 7.54. The average Bonchev–Trinajstić information content (AvgIpc) is 2.16. The summed E-state index contributed by atoms with van der Waals surface area (Å²) < 4.78 is 5.62. The zero-order valence-corrected chi connectivity index (χ0v) is 10.4. The Labute approximate surface area is 97.0 Å². The molecule has 1 rings (SSSR count). The Bertz CT molecular complexity index is 349. The topological polar surface area (TPSA) is 29.5 Å². The minimum Gasteiger partial charge on any atom is -0.492 e. The molecular weight excluding hydrogens is 202 g/mol. The molecule has 0 aliphatic carbocycles. The van der Waals surface area contributed by atoms with Crippen molar-refractivity contribution in [2.45, 2.75) is 13.8 Å². The van der Waals surface area contributed by atoms with E-state index in [0.29, 0.717) is 6.61 Å². The van der Waals surface area contributed by atoms with E-state index in [4.69, 9.17) is 4.74 Å². The number of hydrogen-bond acceptors (Lipinski definition) is 3. The summed E-state index contributed by atoms with van der Waals surface area (Å²) in [5, 5.41) is 0. The van der Waals surface area contributed by atoms with Crippen LogP contribution in [0.25, 0.3) is 0 Å². The maximum absolute atomic E-state index is 10.8. The molecule has 0 atom stereocenters. The van der Waals surface area contributed by atoms with E-state index in [2.05, 4.69) is 4.90 Å². The van der Waals surface area contributed by atoms with Crippen molar-refractivity contribution in [3.05, 3.63) is 28.8 Å². The Kier molecular flexibility index (Phi) is 4.50. The molecule has 0 aliphatic rings. The molecule has 0 aromatic heterocycles. The number of aldehydes is 1. The molecule has 0 heterocycles. The summed E-state index contributed by atoms with van der Waals surface area (Å²) >= 11 is 0. The number of likely N-dealkylation sites (N-methyl/N-ethyl adjacent to an activating group) is 1. The van der Waals surface area contributed by atoms with Crippen LogP contribution in [0, 0.1) is 13.8 Å². The van der Waals surface area contributed by atoms with Gasteiger partial charge in [-0.25, -0.2) is 0 Å². The zero-order chi connectivity index (χ0) is 12.1. The van der Waals surface area contributed by atoms with Crippen LogP contribution < -0.4 is 4.74 Å². The van der Waals surface area contributed by atoms with Gasteiger partial charge in [-0.3, -0.25) is 4.79 Å². The first-order valence-electron chi connectivity index (χ1n) is 5.38. The van der Waals surface area contributed by atoms with Gasteiger partial charge in [-0.2, -0.15) is 0 Å². The summed E-state index contributed by atoms with van der Waals surface area (Å²) in [4.78, 5) is 12.9. The number of benzene rings is 1. The number of nitrogens with zero attached hydrogens (tertiary/aromatic N) is 1. The van der Waals surface area contributed by atoms with Gasteiger partial charge in [0, 0.05) is 12.1 Å². The standard InChI is InChI=1S/C13H19NO2/c1-10-7-12(16-6-5-14(3)4)8-11(2)13(10)9-15/h7-9H,5-6H2,1-4H3. The average molecular weight is 221 g/mol. The molecule has 0 spiro atoms. The van der Waals surface area contributed by atoms with Gasteiger partial charge in [0.2, 0.25) is 0 Å². The molecule has 0 amide bonds. The Morgan fingerprint density at radius 1 is 1.25 bits per heavy atom. The van der Waals surface area contributed by atoms with Crippen molar-refractivity contribution in [1.29, 1.82) is 0 Å². The van der Waals surface area contributed by atoms with Gasteiger partial charge in [0.05, 0.1) is 0 Å². The van der Waals surface area contributed by atoms with Gasteiger partial charge >= 0.3 is 0 Å². The highest BCUT2D eigenvalue weighted by molar-refractivity contribution is 5.80. The molecule has 0 N–H and O–H groups in total. The van der Waals surface area contributed by atoms with Gasteiger partial charge in [-0.1, -0.05) is 0 Å². The fourth-order valence-corrected chi connectivity index (χ4v) is 1.55. The van der Waals surface area contributed by atoms with Crippen LogP contribution in [0.3, 0.4) is 0 Å². The van der Waals surface area contributed by atoms with Gasteiger partial charge in [0.1, 0.15) is 12.4 Å². The largest absolute Gasteiger partial charge is 0.492 e. The fraction of sp³-hybridized carbons (Fsp3) is 0.462. The van der Waals surface area contributed by atoms with Crippen molar-refractivity contribution in [2.75, 3.05) is 27.2 Å². The van der Waals surface area contributed by atoms with Crippen LogP contribution in [0.15, 0.2) is 12.1 Å². The molecule has 3 heteroatoms. The fourth-order valence-electron chi connectivity index (χ4n) is 1.55. The van der Waals surface area contributed by atoms with E-state index in [1.807, 2.05) is 40.1 Å². The molecule has 0 aliphatic heterocycles. The second-order valence-corrected chi connectivity index (χ2v) is 4.24. The highest BCUT2D eigenvalue weighted by Crippen LogP contribution is 2.20.